The van der Waals surface area contributed by atoms with Crippen LogP contribution in [0, 0.1) is 0 Å². The Labute approximate surface area is 167 Å². The average molecular weight is 384 g/mol. The predicted octanol–water partition coefficient (Wildman–Crippen LogP) is 4.11. The van der Waals surface area contributed by atoms with Gasteiger partial charge in [-0.05, 0) is 71.9 Å². The van der Waals surface area contributed by atoms with Gasteiger partial charge in [0.05, 0.1) is 17.1 Å². The molecule has 6 nitrogen and oxygen atoms in total. The number of benzene rings is 1. The zero-order valence-electron chi connectivity index (χ0n) is 17.5. The molecule has 0 bridgehead atoms. The minimum Gasteiger partial charge on any atom is -0.340 e. The van der Waals surface area contributed by atoms with E-state index >= 15 is 0 Å². The maximum Gasteiger partial charge on any atom is 0.318 e. The van der Waals surface area contributed by atoms with Gasteiger partial charge in [-0.1, -0.05) is 12.1 Å². The number of fused-ring (bicyclic) bond motifs is 1. The Balaban J connectivity index is 1.51. The van der Waals surface area contributed by atoms with Crippen LogP contribution < -0.4 is 10.6 Å². The molecule has 0 aliphatic carbocycles. The second-order valence-electron chi connectivity index (χ2n) is 9.79. The molecule has 0 spiro atoms. The largest absolute Gasteiger partial charge is 0.340 e. The number of aromatic amines is 1. The molecule has 2 aliphatic heterocycles. The molecule has 0 saturated carbocycles. The normalized spacial score (nSPS) is 25.0. The minimum atomic E-state index is 0.0136. The summed E-state index contributed by atoms with van der Waals surface area (Å²) in [4.78, 5) is 23.4. The number of piperidine rings is 2. The number of imidazole rings is 1. The second kappa shape index (κ2) is 7.07. The fourth-order valence-corrected chi connectivity index (χ4v) is 5.27. The molecule has 2 fully saturated rings. The predicted molar refractivity (Wildman–Crippen MR) is 112 cm³/mol. The highest BCUT2D eigenvalue weighted by Crippen LogP contribution is 2.32. The molecule has 2 aromatic rings. The highest BCUT2D eigenvalue weighted by atomic mass is 16.2. The SMILES string of the molecule is CC1(C)CC(NC(=O)N2CCCCC2c2nc3ccccc3[nH]2)CC(C)(C)N1. The van der Waals surface area contributed by atoms with Crippen molar-refractivity contribution < 1.29 is 4.79 Å². The van der Waals surface area contributed by atoms with E-state index in [9.17, 15) is 4.79 Å². The van der Waals surface area contributed by atoms with E-state index in [-0.39, 0.29) is 29.2 Å². The van der Waals surface area contributed by atoms with Crippen molar-refractivity contribution >= 4 is 17.1 Å². The van der Waals surface area contributed by atoms with Crippen LogP contribution in [-0.4, -0.2) is 44.6 Å². The van der Waals surface area contributed by atoms with Gasteiger partial charge in [0, 0.05) is 23.7 Å². The van der Waals surface area contributed by atoms with Crippen LogP contribution in [0.4, 0.5) is 4.79 Å². The van der Waals surface area contributed by atoms with Crippen molar-refractivity contribution in [2.45, 2.75) is 83.0 Å². The van der Waals surface area contributed by atoms with Crippen LogP contribution in [0.25, 0.3) is 11.0 Å². The lowest BCUT2D eigenvalue weighted by molar-refractivity contribution is 0.121. The standard InChI is InChI=1S/C22H33N5O/c1-21(2)13-15(14-22(3,4)26-21)23-20(28)27-12-8-7-11-18(27)19-24-16-9-5-6-10-17(16)25-19/h5-6,9-10,15,18,26H,7-8,11-14H2,1-4H3,(H,23,28)(H,24,25). The van der Waals surface area contributed by atoms with Crippen LogP contribution >= 0.6 is 0 Å². The van der Waals surface area contributed by atoms with Crippen LogP contribution in [0.1, 0.15) is 71.7 Å². The molecule has 2 saturated heterocycles. The number of hydrogen-bond acceptors (Lipinski definition) is 3. The molecule has 2 amide bonds. The maximum absolute atomic E-state index is 13.2. The molecule has 4 rings (SSSR count). The summed E-state index contributed by atoms with van der Waals surface area (Å²) in [5.74, 6) is 0.905. The highest BCUT2D eigenvalue weighted by molar-refractivity contribution is 5.77. The number of aromatic nitrogens is 2. The number of H-pyrrole nitrogens is 1. The number of hydrogen-bond donors (Lipinski definition) is 3. The molecule has 3 heterocycles. The lowest BCUT2D eigenvalue weighted by atomic mass is 9.79. The van der Waals surface area contributed by atoms with Crippen LogP contribution in [0.5, 0.6) is 0 Å². The number of para-hydroxylation sites is 2. The number of nitrogens with zero attached hydrogens (tertiary/aromatic N) is 2. The van der Waals surface area contributed by atoms with Gasteiger partial charge >= 0.3 is 6.03 Å². The van der Waals surface area contributed by atoms with Gasteiger partial charge < -0.3 is 20.5 Å². The van der Waals surface area contributed by atoms with E-state index in [0.717, 1.165) is 55.5 Å². The summed E-state index contributed by atoms with van der Waals surface area (Å²) in [6.07, 6.45) is 5.00. The van der Waals surface area contributed by atoms with Crippen molar-refractivity contribution in [1.82, 2.24) is 25.5 Å². The van der Waals surface area contributed by atoms with Crippen LogP contribution in [0.2, 0.25) is 0 Å². The Morgan fingerprint density at radius 3 is 2.57 bits per heavy atom. The topological polar surface area (TPSA) is 73.0 Å². The fourth-order valence-electron chi connectivity index (χ4n) is 5.27. The first kappa shape index (κ1) is 19.2. The van der Waals surface area contributed by atoms with E-state index in [1.54, 1.807) is 0 Å². The summed E-state index contributed by atoms with van der Waals surface area (Å²) in [5, 5.41) is 7.02. The summed E-state index contributed by atoms with van der Waals surface area (Å²) in [5.41, 5.74) is 2.02. The van der Waals surface area contributed by atoms with Gasteiger partial charge in [0.15, 0.2) is 0 Å². The number of urea groups is 1. The Hall–Kier alpha value is -2.08. The number of amides is 2. The Bertz CT molecular complexity index is 806. The third kappa shape index (κ3) is 4.02. The van der Waals surface area contributed by atoms with Crippen molar-refractivity contribution in [1.29, 1.82) is 0 Å². The van der Waals surface area contributed by atoms with Gasteiger partial charge in [-0.2, -0.15) is 0 Å². The third-order valence-electron chi connectivity index (χ3n) is 6.00. The monoisotopic (exact) mass is 383 g/mol. The molecule has 1 unspecified atom stereocenters. The zero-order valence-corrected chi connectivity index (χ0v) is 17.5. The Morgan fingerprint density at radius 2 is 1.86 bits per heavy atom. The van der Waals surface area contributed by atoms with Crippen LogP contribution in [0.3, 0.4) is 0 Å². The fraction of sp³-hybridized carbons (Fsp3) is 0.636. The number of nitrogens with one attached hydrogen (secondary N) is 3. The first-order chi connectivity index (χ1) is 13.2. The van der Waals surface area contributed by atoms with Crippen molar-refractivity contribution in [3.8, 4) is 0 Å². The van der Waals surface area contributed by atoms with E-state index in [2.05, 4.69) is 43.3 Å². The second-order valence-corrected chi connectivity index (χ2v) is 9.79. The van der Waals surface area contributed by atoms with E-state index < -0.39 is 0 Å². The van der Waals surface area contributed by atoms with Crippen molar-refractivity contribution in [2.24, 2.45) is 0 Å². The van der Waals surface area contributed by atoms with Crippen LogP contribution in [0.15, 0.2) is 24.3 Å². The minimum absolute atomic E-state index is 0.0136. The molecule has 3 N–H and O–H groups in total. The van der Waals surface area contributed by atoms with E-state index in [4.69, 9.17) is 4.98 Å². The molecule has 1 aromatic carbocycles. The van der Waals surface area contributed by atoms with Gasteiger partial charge in [-0.25, -0.2) is 9.78 Å². The zero-order chi connectivity index (χ0) is 19.9. The lowest BCUT2D eigenvalue weighted by Gasteiger charge is -2.47. The molecule has 6 heteroatoms. The maximum atomic E-state index is 13.2. The van der Waals surface area contributed by atoms with E-state index in [1.807, 2.05) is 29.2 Å². The summed E-state index contributed by atoms with van der Waals surface area (Å²) in [7, 11) is 0. The third-order valence-corrected chi connectivity index (χ3v) is 6.00. The number of carbonyl (C=O) groups is 1. The molecular formula is C22H33N5O. The van der Waals surface area contributed by atoms with Gasteiger partial charge in [0.1, 0.15) is 5.82 Å². The number of carbonyl (C=O) groups excluding carboxylic acids is 1. The van der Waals surface area contributed by atoms with Crippen molar-refractivity contribution in [2.75, 3.05) is 6.54 Å². The van der Waals surface area contributed by atoms with Gasteiger partial charge in [0.25, 0.3) is 0 Å². The molecule has 2 aliphatic rings. The molecule has 1 aromatic heterocycles. The Kier molecular flexibility index (Phi) is 4.86. The molecule has 0 radical (unpaired) electrons. The van der Waals surface area contributed by atoms with Gasteiger partial charge in [-0.15, -0.1) is 0 Å². The summed E-state index contributed by atoms with van der Waals surface area (Å²) >= 11 is 0. The smallest absolute Gasteiger partial charge is 0.318 e. The Morgan fingerprint density at radius 1 is 1.14 bits per heavy atom. The number of rotatable bonds is 2. The highest BCUT2D eigenvalue weighted by Gasteiger charge is 2.39. The van der Waals surface area contributed by atoms with Crippen LogP contribution in [-0.2, 0) is 0 Å². The average Bonchev–Trinajstić information content (AvgIpc) is 3.03. The first-order valence-electron chi connectivity index (χ1n) is 10.5. The van der Waals surface area contributed by atoms with E-state index in [0.29, 0.717) is 0 Å². The van der Waals surface area contributed by atoms with E-state index in [1.165, 1.54) is 0 Å². The van der Waals surface area contributed by atoms with Crippen molar-refractivity contribution in [3.63, 3.8) is 0 Å². The summed E-state index contributed by atoms with van der Waals surface area (Å²) < 4.78 is 0. The van der Waals surface area contributed by atoms with Gasteiger partial charge in [0.2, 0.25) is 0 Å². The van der Waals surface area contributed by atoms with Gasteiger partial charge in [-0.3, -0.25) is 0 Å². The molecule has 152 valence electrons. The molecule has 1 atom stereocenters. The summed E-state index contributed by atoms with van der Waals surface area (Å²) in [6, 6.07) is 8.30. The molecule has 28 heavy (non-hydrogen) atoms. The lowest BCUT2D eigenvalue weighted by Crippen LogP contribution is -2.63. The molecular weight excluding hydrogens is 350 g/mol. The first-order valence-corrected chi connectivity index (χ1v) is 10.5. The summed E-state index contributed by atoms with van der Waals surface area (Å²) in [6.45, 7) is 9.64. The quantitative estimate of drug-likeness (QED) is 0.731. The van der Waals surface area contributed by atoms with Crippen molar-refractivity contribution in [3.05, 3.63) is 30.1 Å². The number of likely N-dealkylation sites (tertiary alicyclic amines) is 1.